The van der Waals surface area contributed by atoms with E-state index in [0.29, 0.717) is 43.3 Å². The summed E-state index contributed by atoms with van der Waals surface area (Å²) in [7, 11) is 1.59. The van der Waals surface area contributed by atoms with Gasteiger partial charge in [0.15, 0.2) is 5.96 Å². The van der Waals surface area contributed by atoms with E-state index >= 15 is 0 Å². The van der Waals surface area contributed by atoms with Crippen LogP contribution in [0.4, 0.5) is 4.39 Å². The van der Waals surface area contributed by atoms with Gasteiger partial charge in [0.2, 0.25) is 0 Å². The highest BCUT2D eigenvalue weighted by molar-refractivity contribution is 5.94. The molecule has 0 saturated heterocycles. The number of aromatic amines is 1. The van der Waals surface area contributed by atoms with Gasteiger partial charge in [0.25, 0.3) is 5.91 Å². The molecule has 0 unspecified atom stereocenters. The van der Waals surface area contributed by atoms with Crippen LogP contribution >= 0.6 is 0 Å². The Morgan fingerprint density at radius 2 is 1.87 bits per heavy atom. The average molecular weight is 426 g/mol. The average Bonchev–Trinajstić information content (AvgIpc) is 3.18. The summed E-state index contributed by atoms with van der Waals surface area (Å²) in [4.78, 5) is 19.9. The smallest absolute Gasteiger partial charge is 0.251 e. The Bertz CT molecular complexity index is 1030. The SMILES string of the molecule is CCNC(=NCCc1c[nH]c2ccc(F)cc12)NCCNC(=O)c1ccc(OC)cc1. The van der Waals surface area contributed by atoms with Crippen LogP contribution < -0.4 is 20.7 Å². The number of guanidine groups is 1. The van der Waals surface area contributed by atoms with E-state index in [-0.39, 0.29) is 11.7 Å². The van der Waals surface area contributed by atoms with E-state index in [0.717, 1.165) is 23.0 Å². The Kier molecular flexibility index (Phi) is 7.86. The molecule has 0 aliphatic heterocycles. The highest BCUT2D eigenvalue weighted by atomic mass is 19.1. The Morgan fingerprint density at radius 3 is 2.61 bits per heavy atom. The lowest BCUT2D eigenvalue weighted by Gasteiger charge is -2.12. The molecule has 0 aliphatic carbocycles. The normalized spacial score (nSPS) is 11.4. The van der Waals surface area contributed by atoms with Gasteiger partial charge in [-0.25, -0.2) is 4.39 Å². The minimum Gasteiger partial charge on any atom is -0.497 e. The summed E-state index contributed by atoms with van der Waals surface area (Å²) in [5, 5.41) is 10.2. The second-order valence-corrected chi connectivity index (χ2v) is 6.93. The first-order chi connectivity index (χ1) is 15.1. The number of aromatic nitrogens is 1. The van der Waals surface area contributed by atoms with E-state index in [1.54, 1.807) is 43.5 Å². The Hall–Kier alpha value is -3.55. The van der Waals surface area contributed by atoms with Crippen LogP contribution in [0.25, 0.3) is 10.9 Å². The van der Waals surface area contributed by atoms with Crippen molar-refractivity contribution in [3.8, 4) is 5.75 Å². The fourth-order valence-electron chi connectivity index (χ4n) is 3.19. The number of methoxy groups -OCH3 is 1. The Balaban J connectivity index is 1.46. The first-order valence-corrected chi connectivity index (χ1v) is 10.3. The summed E-state index contributed by atoms with van der Waals surface area (Å²) >= 11 is 0. The highest BCUT2D eigenvalue weighted by Crippen LogP contribution is 2.19. The van der Waals surface area contributed by atoms with Crippen molar-refractivity contribution in [3.63, 3.8) is 0 Å². The van der Waals surface area contributed by atoms with Crippen LogP contribution in [-0.4, -0.2) is 50.1 Å². The number of hydrogen-bond donors (Lipinski definition) is 4. The van der Waals surface area contributed by atoms with Crippen molar-refractivity contribution in [1.29, 1.82) is 0 Å². The summed E-state index contributed by atoms with van der Waals surface area (Å²) in [5.74, 6) is 0.996. The van der Waals surface area contributed by atoms with Crippen molar-refractivity contribution in [1.82, 2.24) is 20.9 Å². The van der Waals surface area contributed by atoms with Crippen molar-refractivity contribution in [2.75, 3.05) is 33.3 Å². The fourth-order valence-corrected chi connectivity index (χ4v) is 3.19. The van der Waals surface area contributed by atoms with Crippen molar-refractivity contribution in [2.45, 2.75) is 13.3 Å². The zero-order valence-corrected chi connectivity index (χ0v) is 17.8. The molecule has 0 bridgehead atoms. The standard InChI is InChI=1S/C23H28FN5O2/c1-3-25-23(27-11-10-17-15-29-21-9-6-18(24)14-20(17)21)28-13-12-26-22(30)16-4-7-19(31-2)8-5-16/h4-9,14-15,29H,3,10-13H2,1-2H3,(H,26,30)(H2,25,27,28). The maximum absolute atomic E-state index is 13.5. The van der Waals surface area contributed by atoms with Gasteiger partial charge in [0, 0.05) is 48.8 Å². The first kappa shape index (κ1) is 22.1. The zero-order chi connectivity index (χ0) is 22.1. The monoisotopic (exact) mass is 425 g/mol. The van der Waals surface area contributed by atoms with Gasteiger partial charge in [0.1, 0.15) is 11.6 Å². The van der Waals surface area contributed by atoms with Crippen molar-refractivity contribution < 1.29 is 13.9 Å². The number of halogens is 1. The lowest BCUT2D eigenvalue weighted by molar-refractivity contribution is 0.0954. The number of fused-ring (bicyclic) bond motifs is 1. The van der Waals surface area contributed by atoms with Crippen LogP contribution in [0.15, 0.2) is 53.7 Å². The largest absolute Gasteiger partial charge is 0.497 e. The van der Waals surface area contributed by atoms with E-state index in [4.69, 9.17) is 4.74 Å². The number of aliphatic imine (C=N–C) groups is 1. The number of benzene rings is 2. The lowest BCUT2D eigenvalue weighted by Crippen LogP contribution is -2.41. The summed E-state index contributed by atoms with van der Waals surface area (Å²) in [6.45, 7) is 4.26. The molecular formula is C23H28FN5O2. The van der Waals surface area contributed by atoms with Crippen LogP contribution in [0, 0.1) is 5.82 Å². The molecule has 2 aromatic carbocycles. The van der Waals surface area contributed by atoms with Crippen LogP contribution in [-0.2, 0) is 6.42 Å². The van der Waals surface area contributed by atoms with Crippen LogP contribution in [0.2, 0.25) is 0 Å². The van der Waals surface area contributed by atoms with Gasteiger partial charge in [0.05, 0.1) is 7.11 Å². The van der Waals surface area contributed by atoms with E-state index in [2.05, 4.69) is 25.9 Å². The van der Waals surface area contributed by atoms with Gasteiger partial charge >= 0.3 is 0 Å². The van der Waals surface area contributed by atoms with Gasteiger partial charge in [-0.05, 0) is 61.4 Å². The van der Waals surface area contributed by atoms with Gasteiger partial charge in [-0.2, -0.15) is 0 Å². The number of hydrogen-bond acceptors (Lipinski definition) is 3. The second kappa shape index (κ2) is 11.0. The number of ether oxygens (including phenoxy) is 1. The van der Waals surface area contributed by atoms with Gasteiger partial charge in [-0.1, -0.05) is 0 Å². The van der Waals surface area contributed by atoms with Crippen molar-refractivity contribution in [2.24, 2.45) is 4.99 Å². The van der Waals surface area contributed by atoms with E-state index in [9.17, 15) is 9.18 Å². The van der Waals surface area contributed by atoms with E-state index in [1.165, 1.54) is 6.07 Å². The third-order valence-electron chi connectivity index (χ3n) is 4.78. The summed E-state index contributed by atoms with van der Waals surface area (Å²) in [5.41, 5.74) is 2.52. The number of carbonyl (C=O) groups is 1. The quantitative estimate of drug-likeness (QED) is 0.241. The molecule has 1 amide bonds. The molecule has 7 nitrogen and oxygen atoms in total. The molecule has 1 heterocycles. The van der Waals surface area contributed by atoms with Crippen LogP contribution in [0.5, 0.6) is 5.75 Å². The molecule has 0 atom stereocenters. The molecule has 8 heteroatoms. The molecule has 0 aliphatic rings. The molecule has 164 valence electrons. The van der Waals surface area contributed by atoms with Gasteiger partial charge in [-0.15, -0.1) is 0 Å². The molecule has 31 heavy (non-hydrogen) atoms. The topological polar surface area (TPSA) is 90.5 Å². The lowest BCUT2D eigenvalue weighted by atomic mass is 10.1. The molecular weight excluding hydrogens is 397 g/mol. The third kappa shape index (κ3) is 6.21. The molecule has 0 fully saturated rings. The molecule has 0 saturated carbocycles. The number of rotatable bonds is 9. The summed E-state index contributed by atoms with van der Waals surface area (Å²) in [6.07, 6.45) is 2.59. The molecule has 0 radical (unpaired) electrons. The predicted molar refractivity (Wildman–Crippen MR) is 121 cm³/mol. The number of carbonyl (C=O) groups excluding carboxylic acids is 1. The van der Waals surface area contributed by atoms with Gasteiger partial charge in [-0.3, -0.25) is 9.79 Å². The van der Waals surface area contributed by atoms with E-state index < -0.39 is 0 Å². The maximum atomic E-state index is 13.5. The number of nitrogens with one attached hydrogen (secondary N) is 4. The van der Waals surface area contributed by atoms with Crippen LogP contribution in [0.1, 0.15) is 22.8 Å². The number of H-pyrrole nitrogens is 1. The Labute approximate surface area is 181 Å². The summed E-state index contributed by atoms with van der Waals surface area (Å²) in [6, 6.07) is 11.7. The number of nitrogens with zero attached hydrogens (tertiary/aromatic N) is 1. The second-order valence-electron chi connectivity index (χ2n) is 6.93. The maximum Gasteiger partial charge on any atom is 0.251 e. The fraction of sp³-hybridized carbons (Fsp3) is 0.304. The summed E-state index contributed by atoms with van der Waals surface area (Å²) < 4.78 is 18.6. The van der Waals surface area contributed by atoms with E-state index in [1.807, 2.05) is 13.1 Å². The zero-order valence-electron chi connectivity index (χ0n) is 17.8. The molecule has 3 aromatic rings. The molecule has 4 N–H and O–H groups in total. The molecule has 1 aromatic heterocycles. The van der Waals surface area contributed by atoms with Crippen LogP contribution in [0.3, 0.4) is 0 Å². The molecule has 3 rings (SSSR count). The van der Waals surface area contributed by atoms with Crippen molar-refractivity contribution in [3.05, 3.63) is 65.6 Å². The number of amides is 1. The minimum atomic E-state index is -0.247. The van der Waals surface area contributed by atoms with Gasteiger partial charge < -0.3 is 25.7 Å². The highest BCUT2D eigenvalue weighted by Gasteiger charge is 2.06. The predicted octanol–water partition coefficient (Wildman–Crippen LogP) is 2.84. The third-order valence-corrected chi connectivity index (χ3v) is 4.78. The minimum absolute atomic E-state index is 0.141. The first-order valence-electron chi connectivity index (χ1n) is 10.3. The Morgan fingerprint density at radius 1 is 1.10 bits per heavy atom. The van der Waals surface area contributed by atoms with Crippen molar-refractivity contribution >= 4 is 22.8 Å². The molecule has 0 spiro atoms.